The molecule has 0 radical (unpaired) electrons. The maximum atomic E-state index is 4.82. The lowest BCUT2D eigenvalue weighted by atomic mass is 10.0. The molecule has 0 aromatic carbocycles. The van der Waals surface area contributed by atoms with Crippen LogP contribution in [0.3, 0.4) is 0 Å². The van der Waals surface area contributed by atoms with Crippen molar-refractivity contribution >= 4 is 17.5 Å². The summed E-state index contributed by atoms with van der Waals surface area (Å²) in [7, 11) is 2.01. The van der Waals surface area contributed by atoms with Crippen molar-refractivity contribution in [3.8, 4) is 11.3 Å². The Kier molecular flexibility index (Phi) is 6.18. The van der Waals surface area contributed by atoms with Gasteiger partial charge >= 0.3 is 0 Å². The predicted molar refractivity (Wildman–Crippen MR) is 125 cm³/mol. The topological polar surface area (TPSA) is 83.8 Å². The van der Waals surface area contributed by atoms with Gasteiger partial charge in [-0.3, -0.25) is 4.68 Å². The van der Waals surface area contributed by atoms with E-state index in [2.05, 4.69) is 45.4 Å². The van der Waals surface area contributed by atoms with E-state index in [1.165, 1.54) is 11.3 Å². The summed E-state index contributed by atoms with van der Waals surface area (Å²) >= 11 is 0. The Hall–Kier alpha value is -3.00. The van der Waals surface area contributed by atoms with Gasteiger partial charge in [-0.15, -0.1) is 0 Å². The van der Waals surface area contributed by atoms with Gasteiger partial charge in [0.25, 0.3) is 0 Å². The van der Waals surface area contributed by atoms with Crippen molar-refractivity contribution in [2.75, 3.05) is 36.4 Å². The SMILES string of the molecule is CC.CC(C)c1nn(C)c2c1-c1nc(Nc3ccc(N4CCNCC4)cn3)ncc1C2. The first-order valence-electron chi connectivity index (χ1n) is 11.2. The van der Waals surface area contributed by atoms with Gasteiger partial charge in [0.2, 0.25) is 5.95 Å². The number of aromatic nitrogens is 5. The van der Waals surface area contributed by atoms with Crippen molar-refractivity contribution in [3.63, 3.8) is 0 Å². The predicted octanol–water partition coefficient (Wildman–Crippen LogP) is 3.48. The molecule has 4 heterocycles. The Labute approximate surface area is 184 Å². The molecule has 0 bridgehead atoms. The summed E-state index contributed by atoms with van der Waals surface area (Å²) in [5.74, 6) is 1.66. The highest BCUT2D eigenvalue weighted by Crippen LogP contribution is 2.40. The van der Waals surface area contributed by atoms with E-state index in [-0.39, 0.29) is 0 Å². The fraction of sp³-hybridized carbons (Fsp3) is 0.478. The molecule has 0 amide bonds. The number of hydrogen-bond acceptors (Lipinski definition) is 7. The minimum Gasteiger partial charge on any atom is -0.368 e. The maximum Gasteiger partial charge on any atom is 0.228 e. The van der Waals surface area contributed by atoms with E-state index in [9.17, 15) is 0 Å². The van der Waals surface area contributed by atoms with E-state index < -0.39 is 0 Å². The second-order valence-electron chi connectivity index (χ2n) is 7.99. The molecular weight excluding hydrogens is 388 g/mol. The molecule has 2 N–H and O–H groups in total. The van der Waals surface area contributed by atoms with Gasteiger partial charge in [-0.25, -0.2) is 15.0 Å². The molecule has 8 nitrogen and oxygen atoms in total. The summed E-state index contributed by atoms with van der Waals surface area (Å²) in [6.45, 7) is 12.4. The maximum absolute atomic E-state index is 4.82. The molecule has 2 aliphatic rings. The Morgan fingerprint density at radius 2 is 1.84 bits per heavy atom. The number of anilines is 3. The number of nitrogens with zero attached hydrogens (tertiary/aromatic N) is 6. The second-order valence-corrected chi connectivity index (χ2v) is 7.99. The van der Waals surface area contributed by atoms with Crippen LogP contribution in [0, 0.1) is 0 Å². The summed E-state index contributed by atoms with van der Waals surface area (Å²) < 4.78 is 1.98. The third kappa shape index (κ3) is 4.12. The normalized spacial score (nSPS) is 14.7. The van der Waals surface area contributed by atoms with Crippen LogP contribution in [-0.4, -0.2) is 50.9 Å². The molecule has 164 valence electrons. The van der Waals surface area contributed by atoms with E-state index in [0.29, 0.717) is 11.9 Å². The van der Waals surface area contributed by atoms with Gasteiger partial charge in [0.05, 0.1) is 29.0 Å². The number of fused-ring (bicyclic) bond motifs is 3. The Morgan fingerprint density at radius 1 is 1.06 bits per heavy atom. The highest BCUT2D eigenvalue weighted by atomic mass is 15.3. The number of nitrogens with one attached hydrogen (secondary N) is 2. The van der Waals surface area contributed by atoms with Crippen molar-refractivity contribution in [1.82, 2.24) is 30.0 Å². The first-order chi connectivity index (χ1) is 15.1. The van der Waals surface area contributed by atoms with Crippen LogP contribution in [0.2, 0.25) is 0 Å². The molecule has 3 aromatic rings. The third-order valence-corrected chi connectivity index (χ3v) is 5.67. The number of aryl methyl sites for hydroxylation is 1. The summed E-state index contributed by atoms with van der Waals surface area (Å²) in [5.41, 5.74) is 6.78. The minimum absolute atomic E-state index is 0.349. The average Bonchev–Trinajstić information content (AvgIpc) is 3.34. The van der Waals surface area contributed by atoms with Crippen molar-refractivity contribution in [1.29, 1.82) is 0 Å². The van der Waals surface area contributed by atoms with Crippen LogP contribution >= 0.6 is 0 Å². The fourth-order valence-electron chi connectivity index (χ4n) is 4.12. The first-order valence-corrected chi connectivity index (χ1v) is 11.2. The molecule has 1 aliphatic carbocycles. The van der Waals surface area contributed by atoms with E-state index in [0.717, 1.165) is 61.1 Å². The number of hydrogen-bond donors (Lipinski definition) is 2. The molecule has 0 atom stereocenters. The lowest BCUT2D eigenvalue weighted by molar-refractivity contribution is 0.589. The van der Waals surface area contributed by atoms with E-state index in [1.807, 2.05) is 44.0 Å². The zero-order valence-corrected chi connectivity index (χ0v) is 19.1. The minimum atomic E-state index is 0.349. The van der Waals surface area contributed by atoms with Crippen molar-refractivity contribution in [2.24, 2.45) is 7.05 Å². The lowest BCUT2D eigenvalue weighted by Gasteiger charge is -2.29. The molecule has 31 heavy (non-hydrogen) atoms. The quantitative estimate of drug-likeness (QED) is 0.523. The number of rotatable bonds is 4. The number of piperazine rings is 1. The zero-order chi connectivity index (χ0) is 22.0. The Balaban J connectivity index is 0.00000112. The average molecular weight is 421 g/mol. The first kappa shape index (κ1) is 21.2. The molecule has 0 saturated carbocycles. The number of pyridine rings is 1. The molecule has 1 fully saturated rings. The van der Waals surface area contributed by atoms with Crippen LogP contribution in [0.1, 0.15) is 50.6 Å². The fourth-order valence-corrected chi connectivity index (χ4v) is 4.12. The summed E-state index contributed by atoms with van der Waals surface area (Å²) in [5, 5.41) is 11.3. The van der Waals surface area contributed by atoms with Crippen LogP contribution in [-0.2, 0) is 13.5 Å². The third-order valence-electron chi connectivity index (χ3n) is 5.67. The van der Waals surface area contributed by atoms with Gasteiger partial charge in [-0.05, 0) is 18.1 Å². The highest BCUT2D eigenvalue weighted by molar-refractivity contribution is 5.75. The van der Waals surface area contributed by atoms with Gasteiger partial charge in [0.1, 0.15) is 5.82 Å². The van der Waals surface area contributed by atoms with Crippen LogP contribution in [0.15, 0.2) is 24.5 Å². The molecular formula is C23H32N8. The second kappa shape index (κ2) is 9.01. The van der Waals surface area contributed by atoms with E-state index in [1.54, 1.807) is 0 Å². The molecule has 0 unspecified atom stereocenters. The van der Waals surface area contributed by atoms with E-state index in [4.69, 9.17) is 10.1 Å². The summed E-state index contributed by atoms with van der Waals surface area (Å²) in [6, 6.07) is 4.09. The van der Waals surface area contributed by atoms with Crippen LogP contribution < -0.4 is 15.5 Å². The Bertz CT molecular complexity index is 1030. The molecule has 1 aliphatic heterocycles. The molecule has 1 saturated heterocycles. The van der Waals surface area contributed by atoms with Crippen molar-refractivity contribution in [3.05, 3.63) is 41.5 Å². The molecule has 0 spiro atoms. The molecule has 8 heteroatoms. The highest BCUT2D eigenvalue weighted by Gasteiger charge is 2.29. The largest absolute Gasteiger partial charge is 0.368 e. The van der Waals surface area contributed by atoms with Crippen LogP contribution in [0.25, 0.3) is 11.3 Å². The lowest BCUT2D eigenvalue weighted by Crippen LogP contribution is -2.43. The van der Waals surface area contributed by atoms with Gasteiger partial charge in [0.15, 0.2) is 0 Å². The van der Waals surface area contributed by atoms with Crippen LogP contribution in [0.4, 0.5) is 17.5 Å². The van der Waals surface area contributed by atoms with Gasteiger partial charge in [0, 0.05) is 57.0 Å². The van der Waals surface area contributed by atoms with E-state index >= 15 is 0 Å². The van der Waals surface area contributed by atoms with Gasteiger partial charge in [-0.1, -0.05) is 27.7 Å². The van der Waals surface area contributed by atoms with Gasteiger partial charge < -0.3 is 15.5 Å². The summed E-state index contributed by atoms with van der Waals surface area (Å²) in [4.78, 5) is 16.2. The Morgan fingerprint density at radius 3 is 2.52 bits per heavy atom. The van der Waals surface area contributed by atoms with Crippen LogP contribution in [0.5, 0.6) is 0 Å². The smallest absolute Gasteiger partial charge is 0.228 e. The van der Waals surface area contributed by atoms with Crippen molar-refractivity contribution in [2.45, 2.75) is 40.0 Å². The monoisotopic (exact) mass is 420 g/mol. The standard InChI is InChI=1S/C21H26N8.C2H6/c1-13(2)19-18-16(28(3)27-19)10-14-11-24-21(26-20(14)18)25-17-5-4-15(12-23-17)29-8-6-22-7-9-29;1-2/h4-5,11-13,22H,6-10H2,1-3H3,(H,23,24,25,26);1-2H3. The van der Waals surface area contributed by atoms with Gasteiger partial charge in [-0.2, -0.15) is 5.10 Å². The molecule has 3 aromatic heterocycles. The summed E-state index contributed by atoms with van der Waals surface area (Å²) in [6.07, 6.45) is 4.67. The molecule has 5 rings (SSSR count). The zero-order valence-electron chi connectivity index (χ0n) is 19.1. The van der Waals surface area contributed by atoms with Crippen molar-refractivity contribution < 1.29 is 0 Å².